The minimum absolute atomic E-state index is 0.212. The molecule has 3 aromatic rings. The predicted octanol–water partition coefficient (Wildman–Crippen LogP) is 2.98. The van der Waals surface area contributed by atoms with Gasteiger partial charge in [0.25, 0.3) is 5.89 Å². The van der Waals surface area contributed by atoms with Gasteiger partial charge in [0.05, 0.1) is 21.8 Å². The van der Waals surface area contributed by atoms with Crippen molar-refractivity contribution in [2.75, 3.05) is 0 Å². The number of benzene rings is 1. The van der Waals surface area contributed by atoms with E-state index in [4.69, 9.17) is 33.4 Å². The van der Waals surface area contributed by atoms with Crippen molar-refractivity contribution in [3.05, 3.63) is 64.2 Å². The van der Waals surface area contributed by atoms with Gasteiger partial charge in [-0.05, 0) is 18.2 Å². The second-order valence-corrected chi connectivity index (χ2v) is 6.28. The Labute approximate surface area is 152 Å². The molecule has 2 atom stereocenters. The van der Waals surface area contributed by atoms with Gasteiger partial charge in [-0.2, -0.15) is 5.10 Å². The third kappa shape index (κ3) is 2.48. The van der Waals surface area contributed by atoms with Crippen LogP contribution in [-0.2, 0) is 5.41 Å². The summed E-state index contributed by atoms with van der Waals surface area (Å²) < 4.78 is 5.93. The molecule has 0 bridgehead atoms. The minimum atomic E-state index is -0.930. The van der Waals surface area contributed by atoms with Gasteiger partial charge in [0, 0.05) is 18.0 Å². The van der Waals surface area contributed by atoms with Crippen molar-refractivity contribution in [2.24, 2.45) is 10.7 Å². The molecule has 0 radical (unpaired) electrons. The van der Waals surface area contributed by atoms with Crippen molar-refractivity contribution in [1.82, 2.24) is 20.4 Å². The number of aromatic nitrogens is 4. The molecule has 126 valence electrons. The standard InChI is InChI=1S/C16H12Cl2N6O/c17-10-3-1-4-11(18)12(10)13-23-24-15(25-13)16(9-7-21-22-8-9)5-2-6-20-14(16)19/h1-8,14H,19H2,(H,21,22). The van der Waals surface area contributed by atoms with E-state index in [1.165, 1.54) is 0 Å². The minimum Gasteiger partial charge on any atom is -0.419 e. The van der Waals surface area contributed by atoms with Crippen LogP contribution in [0.4, 0.5) is 0 Å². The first-order chi connectivity index (χ1) is 12.1. The first-order valence-electron chi connectivity index (χ1n) is 7.37. The molecule has 1 aliphatic heterocycles. The zero-order valence-electron chi connectivity index (χ0n) is 12.7. The summed E-state index contributed by atoms with van der Waals surface area (Å²) in [6.07, 6.45) is 7.99. The molecule has 0 aliphatic carbocycles. The van der Waals surface area contributed by atoms with E-state index >= 15 is 0 Å². The number of rotatable bonds is 3. The maximum absolute atomic E-state index is 6.27. The monoisotopic (exact) mass is 374 g/mol. The molecule has 0 fully saturated rings. The lowest BCUT2D eigenvalue weighted by Gasteiger charge is -2.31. The number of nitrogens with two attached hydrogens (primary N) is 1. The second kappa shape index (κ2) is 6.11. The smallest absolute Gasteiger partial charge is 0.250 e. The number of H-pyrrole nitrogens is 1. The van der Waals surface area contributed by atoms with Gasteiger partial charge < -0.3 is 10.2 Å². The summed E-state index contributed by atoms with van der Waals surface area (Å²) in [6, 6.07) is 5.15. The number of nitrogens with one attached hydrogen (secondary N) is 1. The Morgan fingerprint density at radius 3 is 2.68 bits per heavy atom. The van der Waals surface area contributed by atoms with Gasteiger partial charge in [-0.15, -0.1) is 10.2 Å². The summed E-state index contributed by atoms with van der Waals surface area (Å²) in [6.45, 7) is 0. The normalized spacial score (nSPS) is 22.4. The van der Waals surface area contributed by atoms with Gasteiger partial charge in [0.15, 0.2) is 0 Å². The topological polar surface area (TPSA) is 106 Å². The van der Waals surface area contributed by atoms with Crippen molar-refractivity contribution in [3.8, 4) is 11.5 Å². The highest BCUT2D eigenvalue weighted by Crippen LogP contribution is 2.40. The quantitative estimate of drug-likeness (QED) is 0.732. The molecular formula is C16H12Cl2N6O. The summed E-state index contributed by atoms with van der Waals surface area (Å²) in [7, 11) is 0. The van der Waals surface area contributed by atoms with E-state index in [0.717, 1.165) is 5.56 Å². The molecule has 3 heterocycles. The highest BCUT2D eigenvalue weighted by molar-refractivity contribution is 6.38. The lowest BCUT2D eigenvalue weighted by molar-refractivity contribution is 0.379. The lowest BCUT2D eigenvalue weighted by Crippen LogP contribution is -2.45. The van der Waals surface area contributed by atoms with Crippen LogP contribution in [0, 0.1) is 0 Å². The Morgan fingerprint density at radius 1 is 1.20 bits per heavy atom. The summed E-state index contributed by atoms with van der Waals surface area (Å²) in [5, 5.41) is 15.9. The van der Waals surface area contributed by atoms with Gasteiger partial charge in [0.2, 0.25) is 5.89 Å². The fraction of sp³-hybridized carbons (Fsp3) is 0.125. The Hall–Kier alpha value is -2.48. The van der Waals surface area contributed by atoms with E-state index < -0.39 is 11.6 Å². The fourth-order valence-electron chi connectivity index (χ4n) is 2.81. The molecular weight excluding hydrogens is 363 g/mol. The highest BCUT2D eigenvalue weighted by atomic mass is 35.5. The molecule has 7 nitrogen and oxygen atoms in total. The molecule has 2 unspecified atom stereocenters. The first kappa shape index (κ1) is 16.0. The molecule has 4 rings (SSSR count). The number of aromatic amines is 1. The Morgan fingerprint density at radius 2 is 2.00 bits per heavy atom. The number of aliphatic imine (C=N–C) groups is 1. The third-order valence-corrected chi connectivity index (χ3v) is 4.72. The Kier molecular flexibility index (Phi) is 3.91. The first-order valence-corrected chi connectivity index (χ1v) is 8.12. The number of hydrogen-bond acceptors (Lipinski definition) is 6. The molecule has 25 heavy (non-hydrogen) atoms. The van der Waals surface area contributed by atoms with Crippen LogP contribution >= 0.6 is 23.2 Å². The van der Waals surface area contributed by atoms with Gasteiger partial charge >= 0.3 is 0 Å². The number of halogens is 2. The van der Waals surface area contributed by atoms with Crippen LogP contribution in [0.3, 0.4) is 0 Å². The van der Waals surface area contributed by atoms with Crippen molar-refractivity contribution in [3.63, 3.8) is 0 Å². The average molecular weight is 375 g/mol. The Bertz CT molecular complexity index is 945. The molecule has 0 saturated heterocycles. The number of dihydropyridines is 1. The highest BCUT2D eigenvalue weighted by Gasteiger charge is 2.45. The molecule has 1 aromatic carbocycles. The van der Waals surface area contributed by atoms with Crippen LogP contribution in [0.25, 0.3) is 11.5 Å². The average Bonchev–Trinajstić information content (AvgIpc) is 3.27. The molecule has 2 aromatic heterocycles. The van der Waals surface area contributed by atoms with Gasteiger partial charge in [-0.3, -0.25) is 10.1 Å². The second-order valence-electron chi connectivity index (χ2n) is 5.47. The Balaban J connectivity index is 1.88. The van der Waals surface area contributed by atoms with Crippen LogP contribution in [0.2, 0.25) is 10.0 Å². The van der Waals surface area contributed by atoms with Crippen LogP contribution in [0.5, 0.6) is 0 Å². The lowest BCUT2D eigenvalue weighted by atomic mass is 9.78. The maximum Gasteiger partial charge on any atom is 0.250 e. The van der Waals surface area contributed by atoms with Gasteiger partial charge in [-0.25, -0.2) is 0 Å². The van der Waals surface area contributed by atoms with Crippen molar-refractivity contribution in [2.45, 2.75) is 11.6 Å². The maximum atomic E-state index is 6.27. The van der Waals surface area contributed by atoms with Crippen molar-refractivity contribution in [1.29, 1.82) is 0 Å². The predicted molar refractivity (Wildman–Crippen MR) is 94.7 cm³/mol. The number of hydrogen-bond donors (Lipinski definition) is 2. The molecule has 0 spiro atoms. The van der Waals surface area contributed by atoms with Crippen LogP contribution in [0.1, 0.15) is 11.5 Å². The number of allylic oxidation sites excluding steroid dienone is 1. The summed E-state index contributed by atoms with van der Waals surface area (Å²) in [4.78, 5) is 4.28. The zero-order valence-corrected chi connectivity index (χ0v) is 14.2. The summed E-state index contributed by atoms with van der Waals surface area (Å²) >= 11 is 12.5. The van der Waals surface area contributed by atoms with Crippen LogP contribution in [0.15, 0.2) is 52.2 Å². The largest absolute Gasteiger partial charge is 0.419 e. The van der Waals surface area contributed by atoms with E-state index in [1.54, 1.807) is 42.9 Å². The van der Waals surface area contributed by atoms with Crippen LogP contribution < -0.4 is 5.73 Å². The number of nitrogens with zero attached hydrogens (tertiary/aromatic N) is 4. The molecule has 0 saturated carbocycles. The fourth-order valence-corrected chi connectivity index (χ4v) is 3.37. The van der Waals surface area contributed by atoms with Gasteiger partial charge in [0.1, 0.15) is 11.6 Å². The zero-order chi connectivity index (χ0) is 17.4. The van der Waals surface area contributed by atoms with E-state index in [1.807, 2.05) is 6.08 Å². The van der Waals surface area contributed by atoms with E-state index in [2.05, 4.69) is 25.4 Å². The van der Waals surface area contributed by atoms with Gasteiger partial charge in [-0.1, -0.05) is 35.3 Å². The van der Waals surface area contributed by atoms with E-state index in [-0.39, 0.29) is 11.8 Å². The van der Waals surface area contributed by atoms with Crippen molar-refractivity contribution < 1.29 is 4.42 Å². The third-order valence-electron chi connectivity index (χ3n) is 4.09. The molecule has 9 heteroatoms. The summed E-state index contributed by atoms with van der Waals surface area (Å²) in [5.41, 5.74) is 6.58. The van der Waals surface area contributed by atoms with Crippen molar-refractivity contribution >= 4 is 29.4 Å². The summed E-state index contributed by atoms with van der Waals surface area (Å²) in [5.74, 6) is 0.490. The molecule has 1 aliphatic rings. The van der Waals surface area contributed by atoms with E-state index in [9.17, 15) is 0 Å². The molecule has 3 N–H and O–H groups in total. The van der Waals surface area contributed by atoms with Crippen LogP contribution in [-0.4, -0.2) is 32.8 Å². The SMILES string of the molecule is NC1N=CC=CC1(c1cn[nH]c1)c1nnc(-c2c(Cl)cccc2Cl)o1. The molecule has 0 amide bonds. The van der Waals surface area contributed by atoms with E-state index in [0.29, 0.717) is 15.6 Å².